The maximum absolute atomic E-state index is 12.1. The van der Waals surface area contributed by atoms with Crippen molar-refractivity contribution in [3.8, 4) is 0 Å². The average Bonchev–Trinajstić information content (AvgIpc) is 2.96. The van der Waals surface area contributed by atoms with Gasteiger partial charge in [-0.3, -0.25) is 4.79 Å². The van der Waals surface area contributed by atoms with Crippen LogP contribution < -0.4 is 5.32 Å². The van der Waals surface area contributed by atoms with E-state index in [2.05, 4.69) is 15.4 Å². The molecule has 6 nitrogen and oxygen atoms in total. The topological polar surface area (TPSA) is 64.7 Å². The van der Waals surface area contributed by atoms with Crippen LogP contribution in [0.1, 0.15) is 31.8 Å². The van der Waals surface area contributed by atoms with Gasteiger partial charge in [0.2, 0.25) is 5.91 Å². The van der Waals surface area contributed by atoms with Gasteiger partial charge in [0.15, 0.2) is 5.65 Å². The van der Waals surface area contributed by atoms with Crippen molar-refractivity contribution in [3.05, 3.63) is 11.5 Å². The molecule has 2 rings (SSSR count). The van der Waals surface area contributed by atoms with E-state index in [1.165, 1.54) is 0 Å². The minimum atomic E-state index is -0.00604. The molecule has 2 aromatic rings. The number of hydrogen-bond donors (Lipinski definition) is 1. The number of amides is 1. The minimum Gasteiger partial charge on any atom is -0.355 e. The average molecular weight is 312 g/mol. The van der Waals surface area contributed by atoms with E-state index >= 15 is 0 Å². The van der Waals surface area contributed by atoms with Gasteiger partial charge >= 0.3 is 0 Å². The number of halogens is 1. The Bertz CT molecular complexity index is 631. The fraction of sp³-hybridized carbons (Fsp3) is 0.643. The van der Waals surface area contributed by atoms with Crippen LogP contribution >= 0.6 is 11.6 Å². The zero-order valence-corrected chi connectivity index (χ0v) is 13.6. The number of rotatable bonds is 7. The van der Waals surface area contributed by atoms with Crippen molar-refractivity contribution in [2.45, 2.75) is 46.7 Å². The number of aromatic nitrogens is 4. The molecule has 0 spiro atoms. The molecule has 0 saturated heterocycles. The van der Waals surface area contributed by atoms with Gasteiger partial charge < -0.3 is 9.88 Å². The second-order valence-corrected chi connectivity index (χ2v) is 5.35. The molecule has 0 unspecified atom stereocenters. The summed E-state index contributed by atoms with van der Waals surface area (Å²) in [6, 6.07) is 0. The SMILES string of the molecule is CCCNC(=O)Cn1c(CCCl)nc2c(C)nn(CC)c21. The summed E-state index contributed by atoms with van der Waals surface area (Å²) in [5.74, 6) is 1.32. The maximum Gasteiger partial charge on any atom is 0.240 e. The van der Waals surface area contributed by atoms with E-state index in [9.17, 15) is 4.79 Å². The number of alkyl halides is 1. The number of carbonyl (C=O) groups is 1. The molecule has 1 N–H and O–H groups in total. The number of carbonyl (C=O) groups excluding carboxylic acids is 1. The Morgan fingerprint density at radius 2 is 2.14 bits per heavy atom. The van der Waals surface area contributed by atoms with Crippen molar-refractivity contribution in [3.63, 3.8) is 0 Å². The highest BCUT2D eigenvalue weighted by molar-refractivity contribution is 6.17. The van der Waals surface area contributed by atoms with Gasteiger partial charge in [-0.1, -0.05) is 6.92 Å². The first-order chi connectivity index (χ1) is 10.1. The Morgan fingerprint density at radius 3 is 2.76 bits per heavy atom. The molecule has 1 amide bonds. The molecule has 0 aromatic carbocycles. The number of imidazole rings is 1. The van der Waals surface area contributed by atoms with Gasteiger partial charge in [-0.15, -0.1) is 11.6 Å². The summed E-state index contributed by atoms with van der Waals surface area (Å²) in [4.78, 5) is 16.7. The molecular formula is C14H22ClN5O. The Kier molecular flexibility index (Phi) is 5.22. The van der Waals surface area contributed by atoms with Gasteiger partial charge in [-0.25, -0.2) is 9.67 Å². The maximum atomic E-state index is 12.1. The second kappa shape index (κ2) is 6.93. The van der Waals surface area contributed by atoms with E-state index in [4.69, 9.17) is 11.6 Å². The van der Waals surface area contributed by atoms with Crippen LogP contribution in [-0.2, 0) is 24.3 Å². The highest BCUT2D eigenvalue weighted by atomic mass is 35.5. The van der Waals surface area contributed by atoms with Crippen molar-refractivity contribution in [1.29, 1.82) is 0 Å². The van der Waals surface area contributed by atoms with Crippen LogP contribution in [0, 0.1) is 6.92 Å². The van der Waals surface area contributed by atoms with E-state index in [-0.39, 0.29) is 12.5 Å². The number of nitrogens with zero attached hydrogens (tertiary/aromatic N) is 4. The zero-order valence-electron chi connectivity index (χ0n) is 12.8. The van der Waals surface area contributed by atoms with Crippen molar-refractivity contribution in [2.24, 2.45) is 0 Å². The quantitative estimate of drug-likeness (QED) is 0.794. The Labute approximate surface area is 129 Å². The molecule has 21 heavy (non-hydrogen) atoms. The number of aryl methyl sites for hydroxylation is 3. The van der Waals surface area contributed by atoms with E-state index < -0.39 is 0 Å². The normalized spacial score (nSPS) is 11.2. The van der Waals surface area contributed by atoms with Crippen LogP contribution in [0.3, 0.4) is 0 Å². The van der Waals surface area contributed by atoms with Crippen molar-refractivity contribution in [1.82, 2.24) is 24.6 Å². The van der Waals surface area contributed by atoms with E-state index in [1.54, 1.807) is 0 Å². The molecule has 116 valence electrons. The lowest BCUT2D eigenvalue weighted by molar-refractivity contribution is -0.121. The molecule has 0 bridgehead atoms. The number of nitrogens with one attached hydrogen (secondary N) is 1. The van der Waals surface area contributed by atoms with Gasteiger partial charge in [0.05, 0.1) is 5.69 Å². The van der Waals surface area contributed by atoms with Gasteiger partial charge in [-0.2, -0.15) is 5.10 Å². The van der Waals surface area contributed by atoms with Crippen LogP contribution in [-0.4, -0.2) is 37.7 Å². The van der Waals surface area contributed by atoms with Gasteiger partial charge in [0.1, 0.15) is 17.9 Å². The molecule has 0 aliphatic carbocycles. The van der Waals surface area contributed by atoms with Crippen LogP contribution in [0.2, 0.25) is 0 Å². The molecule has 2 aromatic heterocycles. The van der Waals surface area contributed by atoms with Crippen molar-refractivity contribution < 1.29 is 4.79 Å². The van der Waals surface area contributed by atoms with E-state index in [0.717, 1.165) is 35.6 Å². The summed E-state index contributed by atoms with van der Waals surface area (Å²) < 4.78 is 3.83. The van der Waals surface area contributed by atoms with Crippen LogP contribution in [0.25, 0.3) is 11.2 Å². The summed E-state index contributed by atoms with van der Waals surface area (Å²) in [6.07, 6.45) is 1.56. The number of hydrogen-bond acceptors (Lipinski definition) is 3. The fourth-order valence-electron chi connectivity index (χ4n) is 2.40. The van der Waals surface area contributed by atoms with E-state index in [0.29, 0.717) is 18.8 Å². The Hall–Kier alpha value is -1.56. The summed E-state index contributed by atoms with van der Waals surface area (Å²) in [5, 5.41) is 7.37. The zero-order chi connectivity index (χ0) is 15.4. The van der Waals surface area contributed by atoms with Crippen LogP contribution in [0.5, 0.6) is 0 Å². The third-order valence-electron chi connectivity index (χ3n) is 3.37. The smallest absolute Gasteiger partial charge is 0.240 e. The number of fused-ring (bicyclic) bond motifs is 1. The third-order valence-corrected chi connectivity index (χ3v) is 3.56. The molecule has 2 heterocycles. The van der Waals surface area contributed by atoms with Crippen molar-refractivity contribution in [2.75, 3.05) is 12.4 Å². The first kappa shape index (κ1) is 15.8. The molecule has 0 aliphatic rings. The molecule has 0 radical (unpaired) electrons. The molecule has 0 atom stereocenters. The summed E-state index contributed by atoms with van der Waals surface area (Å²) in [6.45, 7) is 7.69. The van der Waals surface area contributed by atoms with Gasteiger partial charge in [0.25, 0.3) is 0 Å². The van der Waals surface area contributed by atoms with Gasteiger partial charge in [-0.05, 0) is 20.3 Å². The first-order valence-electron chi connectivity index (χ1n) is 7.37. The summed E-state index contributed by atoms with van der Waals surface area (Å²) in [7, 11) is 0. The molecule has 7 heteroatoms. The fourth-order valence-corrected chi connectivity index (χ4v) is 2.56. The lowest BCUT2D eigenvalue weighted by atomic mass is 10.4. The van der Waals surface area contributed by atoms with Crippen molar-refractivity contribution >= 4 is 28.7 Å². The van der Waals surface area contributed by atoms with E-state index in [1.807, 2.05) is 30.0 Å². The van der Waals surface area contributed by atoms with Gasteiger partial charge in [0, 0.05) is 25.4 Å². The Balaban J connectivity index is 2.42. The molecular weight excluding hydrogens is 290 g/mol. The minimum absolute atomic E-state index is 0.00604. The van der Waals surface area contributed by atoms with Crippen LogP contribution in [0.15, 0.2) is 0 Å². The predicted octanol–water partition coefficient (Wildman–Crippen LogP) is 1.87. The molecule has 0 saturated carbocycles. The highest BCUT2D eigenvalue weighted by Crippen LogP contribution is 2.20. The highest BCUT2D eigenvalue weighted by Gasteiger charge is 2.19. The molecule has 0 fully saturated rings. The predicted molar refractivity (Wildman–Crippen MR) is 83.7 cm³/mol. The molecule has 0 aliphatic heterocycles. The first-order valence-corrected chi connectivity index (χ1v) is 7.90. The Morgan fingerprint density at radius 1 is 1.38 bits per heavy atom. The summed E-state index contributed by atoms with van der Waals surface area (Å²) >= 11 is 5.86. The lowest BCUT2D eigenvalue weighted by Gasteiger charge is -2.10. The lowest BCUT2D eigenvalue weighted by Crippen LogP contribution is -2.29. The largest absolute Gasteiger partial charge is 0.355 e. The second-order valence-electron chi connectivity index (χ2n) is 4.98. The third kappa shape index (κ3) is 3.20. The standard InChI is InChI=1S/C14H22ClN5O/c1-4-8-16-12(21)9-19-11(6-7-15)17-13-10(3)18-20(5-2)14(13)19/h4-9H2,1-3H3,(H,16,21). The summed E-state index contributed by atoms with van der Waals surface area (Å²) in [5.41, 5.74) is 2.65. The van der Waals surface area contributed by atoms with Crippen LogP contribution in [0.4, 0.5) is 0 Å². The monoisotopic (exact) mass is 311 g/mol.